The lowest BCUT2D eigenvalue weighted by atomic mass is 9.95. The van der Waals surface area contributed by atoms with Gasteiger partial charge in [0, 0.05) is 18.6 Å². The molecule has 0 spiro atoms. The Hall–Kier alpha value is -2.06. The van der Waals surface area contributed by atoms with Gasteiger partial charge in [-0.1, -0.05) is 12.1 Å². The van der Waals surface area contributed by atoms with Crippen molar-refractivity contribution in [1.82, 2.24) is 10.6 Å². The lowest BCUT2D eigenvalue weighted by Crippen LogP contribution is -2.53. The Bertz CT molecular complexity index is 626. The summed E-state index contributed by atoms with van der Waals surface area (Å²) in [6.07, 6.45) is 1.94. The zero-order valence-electron chi connectivity index (χ0n) is 15.0. The number of ether oxygens (including phenoxy) is 1. The Kier molecular flexibility index (Phi) is 5.51. The zero-order chi connectivity index (χ0) is 17.8. The van der Waals surface area contributed by atoms with Crippen LogP contribution in [0.5, 0.6) is 0 Å². The standard InChI is InChI=1S/C19H27N3O2/c1-18(2,3)24-17(23)21-13-19(4,16-8-9-16)22-12-15-7-5-6-14(10-15)11-20/h5-7,10,16,22H,8-9,12-13H2,1-4H3,(H,21,23). The molecule has 5 nitrogen and oxygen atoms in total. The van der Waals surface area contributed by atoms with Crippen LogP contribution < -0.4 is 10.6 Å². The Morgan fingerprint density at radius 1 is 1.33 bits per heavy atom. The maximum atomic E-state index is 11.9. The van der Waals surface area contributed by atoms with Crippen molar-refractivity contribution in [2.24, 2.45) is 5.92 Å². The highest BCUT2D eigenvalue weighted by molar-refractivity contribution is 5.67. The van der Waals surface area contributed by atoms with Crippen molar-refractivity contribution < 1.29 is 9.53 Å². The van der Waals surface area contributed by atoms with Crippen molar-refractivity contribution in [3.8, 4) is 6.07 Å². The molecule has 0 heterocycles. The number of benzene rings is 1. The number of hydrogen-bond donors (Lipinski definition) is 2. The zero-order valence-corrected chi connectivity index (χ0v) is 15.0. The summed E-state index contributed by atoms with van der Waals surface area (Å²) in [7, 11) is 0. The number of carbonyl (C=O) groups is 1. The van der Waals surface area contributed by atoms with Gasteiger partial charge in [-0.25, -0.2) is 4.79 Å². The molecule has 1 fully saturated rings. The number of rotatable bonds is 6. The molecule has 1 saturated carbocycles. The average molecular weight is 329 g/mol. The van der Waals surface area contributed by atoms with Crippen LogP contribution in [0, 0.1) is 17.2 Å². The number of alkyl carbamates (subject to hydrolysis) is 1. The molecule has 1 aromatic carbocycles. The lowest BCUT2D eigenvalue weighted by molar-refractivity contribution is 0.0507. The first kappa shape index (κ1) is 18.3. The van der Waals surface area contributed by atoms with Gasteiger partial charge in [-0.15, -0.1) is 0 Å². The van der Waals surface area contributed by atoms with Gasteiger partial charge in [-0.05, 0) is 64.2 Å². The fourth-order valence-corrected chi connectivity index (χ4v) is 2.70. The van der Waals surface area contributed by atoms with E-state index in [0.717, 1.165) is 18.4 Å². The maximum Gasteiger partial charge on any atom is 0.407 e. The maximum absolute atomic E-state index is 11.9. The molecule has 0 aromatic heterocycles. The first-order valence-electron chi connectivity index (χ1n) is 8.43. The third-order valence-corrected chi connectivity index (χ3v) is 4.23. The van der Waals surface area contributed by atoms with Gasteiger partial charge in [0.1, 0.15) is 5.60 Å². The number of hydrogen-bond acceptors (Lipinski definition) is 4. The largest absolute Gasteiger partial charge is 0.444 e. The minimum Gasteiger partial charge on any atom is -0.444 e. The average Bonchev–Trinajstić information content (AvgIpc) is 3.35. The molecule has 1 atom stereocenters. The molecule has 1 amide bonds. The van der Waals surface area contributed by atoms with Crippen LogP contribution in [0.15, 0.2) is 24.3 Å². The topological polar surface area (TPSA) is 74.2 Å². The van der Waals surface area contributed by atoms with E-state index in [1.165, 1.54) is 0 Å². The lowest BCUT2D eigenvalue weighted by Gasteiger charge is -2.32. The van der Waals surface area contributed by atoms with Crippen LogP contribution in [0.4, 0.5) is 4.79 Å². The predicted octanol–water partition coefficient (Wildman–Crippen LogP) is 3.34. The predicted molar refractivity (Wildman–Crippen MR) is 93.4 cm³/mol. The second kappa shape index (κ2) is 7.23. The fourth-order valence-electron chi connectivity index (χ4n) is 2.70. The van der Waals surface area contributed by atoms with E-state index in [1.807, 2.05) is 39.0 Å². The van der Waals surface area contributed by atoms with Crippen molar-refractivity contribution in [3.05, 3.63) is 35.4 Å². The van der Waals surface area contributed by atoms with Crippen molar-refractivity contribution in [1.29, 1.82) is 5.26 Å². The van der Waals surface area contributed by atoms with Crippen molar-refractivity contribution in [3.63, 3.8) is 0 Å². The van der Waals surface area contributed by atoms with Crippen LogP contribution in [0.25, 0.3) is 0 Å². The van der Waals surface area contributed by atoms with Gasteiger partial charge in [0.25, 0.3) is 0 Å². The van der Waals surface area contributed by atoms with Crippen LogP contribution >= 0.6 is 0 Å². The smallest absolute Gasteiger partial charge is 0.407 e. The molecule has 2 rings (SSSR count). The molecule has 24 heavy (non-hydrogen) atoms. The fraction of sp³-hybridized carbons (Fsp3) is 0.579. The molecule has 0 bridgehead atoms. The second-order valence-electron chi connectivity index (χ2n) is 7.71. The van der Waals surface area contributed by atoms with Crippen LogP contribution in [-0.2, 0) is 11.3 Å². The minimum atomic E-state index is -0.495. The first-order valence-corrected chi connectivity index (χ1v) is 8.43. The summed E-state index contributed by atoms with van der Waals surface area (Å²) in [6.45, 7) is 8.88. The summed E-state index contributed by atoms with van der Waals surface area (Å²) >= 11 is 0. The van der Waals surface area contributed by atoms with Gasteiger partial charge in [-0.3, -0.25) is 0 Å². The van der Waals surface area contributed by atoms with Crippen molar-refractivity contribution >= 4 is 6.09 Å². The van der Waals surface area contributed by atoms with Gasteiger partial charge in [-0.2, -0.15) is 5.26 Å². The number of nitrogens with zero attached hydrogens (tertiary/aromatic N) is 1. The van der Waals surface area contributed by atoms with E-state index < -0.39 is 5.60 Å². The molecular weight excluding hydrogens is 302 g/mol. The van der Waals surface area contributed by atoms with E-state index in [9.17, 15) is 4.79 Å². The summed E-state index contributed by atoms with van der Waals surface area (Å²) in [4.78, 5) is 11.9. The van der Waals surface area contributed by atoms with Crippen molar-refractivity contribution in [2.45, 2.75) is 58.2 Å². The molecule has 1 aliphatic carbocycles. The Labute approximate surface area is 144 Å². The van der Waals surface area contributed by atoms with Gasteiger partial charge >= 0.3 is 6.09 Å². The molecule has 0 aliphatic heterocycles. The summed E-state index contributed by atoms with van der Waals surface area (Å²) in [6, 6.07) is 9.74. The number of amides is 1. The van der Waals surface area contributed by atoms with E-state index >= 15 is 0 Å². The van der Waals surface area contributed by atoms with Gasteiger partial charge in [0.2, 0.25) is 0 Å². The van der Waals surface area contributed by atoms with E-state index in [1.54, 1.807) is 6.07 Å². The number of nitrogens with one attached hydrogen (secondary N) is 2. The normalized spacial score (nSPS) is 16.8. The highest BCUT2D eigenvalue weighted by atomic mass is 16.6. The van der Waals surface area contributed by atoms with Gasteiger partial charge in [0.05, 0.1) is 11.6 Å². The summed E-state index contributed by atoms with van der Waals surface area (Å²) < 4.78 is 5.31. The van der Waals surface area contributed by atoms with Crippen molar-refractivity contribution in [2.75, 3.05) is 6.54 Å². The Morgan fingerprint density at radius 3 is 2.62 bits per heavy atom. The van der Waals surface area contributed by atoms with Crippen LogP contribution in [0.2, 0.25) is 0 Å². The monoisotopic (exact) mass is 329 g/mol. The van der Waals surface area contributed by atoms with E-state index in [-0.39, 0.29) is 11.6 Å². The summed E-state index contributed by atoms with van der Waals surface area (Å²) in [5.41, 5.74) is 1.05. The molecule has 1 unspecified atom stereocenters. The first-order chi connectivity index (χ1) is 11.2. The molecular formula is C19H27N3O2. The second-order valence-corrected chi connectivity index (χ2v) is 7.71. The molecule has 1 aromatic rings. The highest BCUT2D eigenvalue weighted by Gasteiger charge is 2.41. The van der Waals surface area contributed by atoms with E-state index in [2.05, 4.69) is 23.6 Å². The molecule has 130 valence electrons. The van der Waals surface area contributed by atoms with Gasteiger partial charge < -0.3 is 15.4 Å². The number of carbonyl (C=O) groups excluding carboxylic acids is 1. The Balaban J connectivity index is 1.93. The minimum absolute atomic E-state index is 0.181. The number of nitriles is 1. The molecule has 0 radical (unpaired) electrons. The third kappa shape index (κ3) is 5.54. The van der Waals surface area contributed by atoms with E-state index in [4.69, 9.17) is 10.00 Å². The van der Waals surface area contributed by atoms with Crippen LogP contribution in [0.1, 0.15) is 51.7 Å². The quantitative estimate of drug-likeness (QED) is 0.839. The summed E-state index contributed by atoms with van der Waals surface area (Å²) in [5, 5.41) is 15.4. The summed E-state index contributed by atoms with van der Waals surface area (Å²) in [5.74, 6) is 0.548. The van der Waals surface area contributed by atoms with Gasteiger partial charge in [0.15, 0.2) is 0 Å². The van der Waals surface area contributed by atoms with E-state index in [0.29, 0.717) is 24.6 Å². The highest BCUT2D eigenvalue weighted by Crippen LogP contribution is 2.39. The molecule has 1 aliphatic rings. The Morgan fingerprint density at radius 2 is 2.04 bits per heavy atom. The molecule has 5 heteroatoms. The molecule has 0 saturated heterocycles. The van der Waals surface area contributed by atoms with Crippen LogP contribution in [-0.4, -0.2) is 23.8 Å². The molecule has 2 N–H and O–H groups in total. The van der Waals surface area contributed by atoms with Crippen LogP contribution in [0.3, 0.4) is 0 Å². The third-order valence-electron chi connectivity index (χ3n) is 4.23. The SMILES string of the molecule is CC(C)(C)OC(=O)NCC(C)(NCc1cccc(C#N)c1)C1CC1.